The van der Waals surface area contributed by atoms with Crippen molar-refractivity contribution in [1.82, 2.24) is 0 Å². The van der Waals surface area contributed by atoms with Crippen LogP contribution >= 0.6 is 0 Å². The van der Waals surface area contributed by atoms with E-state index in [2.05, 4.69) is 13.8 Å². The van der Waals surface area contributed by atoms with Crippen molar-refractivity contribution in [2.24, 2.45) is 11.8 Å². The lowest BCUT2D eigenvalue weighted by atomic mass is 9.82. The Morgan fingerprint density at radius 1 is 1.20 bits per heavy atom. The minimum absolute atomic E-state index is 0.531. The van der Waals surface area contributed by atoms with E-state index >= 15 is 0 Å². The van der Waals surface area contributed by atoms with Crippen molar-refractivity contribution < 1.29 is 4.74 Å². The summed E-state index contributed by atoms with van der Waals surface area (Å²) in [5, 5.41) is 0. The first kappa shape index (κ1) is 8.06. The second-order valence-electron chi connectivity index (χ2n) is 3.67. The quantitative estimate of drug-likeness (QED) is 0.546. The summed E-state index contributed by atoms with van der Waals surface area (Å²) in [6, 6.07) is 0. The van der Waals surface area contributed by atoms with E-state index in [4.69, 9.17) is 4.74 Å². The molecular formula is C9H18O. The highest BCUT2D eigenvalue weighted by atomic mass is 16.5. The SMILES string of the molecule is CO[C@H]1CC(C)CCC1C. The van der Waals surface area contributed by atoms with Gasteiger partial charge in [-0.05, 0) is 24.7 Å². The van der Waals surface area contributed by atoms with Crippen LogP contribution in [0.4, 0.5) is 0 Å². The van der Waals surface area contributed by atoms with Crippen molar-refractivity contribution >= 4 is 0 Å². The molecule has 0 amide bonds. The fraction of sp³-hybridized carbons (Fsp3) is 1.00. The minimum Gasteiger partial charge on any atom is -0.381 e. The zero-order valence-electron chi connectivity index (χ0n) is 7.26. The Bertz CT molecular complexity index is 101. The first-order valence-electron chi connectivity index (χ1n) is 4.26. The number of methoxy groups -OCH3 is 1. The molecule has 1 nitrogen and oxygen atoms in total. The molecule has 0 N–H and O–H groups in total. The highest BCUT2D eigenvalue weighted by molar-refractivity contribution is 4.75. The topological polar surface area (TPSA) is 9.23 Å². The molecule has 1 fully saturated rings. The van der Waals surface area contributed by atoms with Crippen LogP contribution in [0.3, 0.4) is 0 Å². The summed E-state index contributed by atoms with van der Waals surface area (Å²) in [7, 11) is 1.83. The van der Waals surface area contributed by atoms with Gasteiger partial charge in [0.1, 0.15) is 0 Å². The average molecular weight is 142 g/mol. The molecule has 0 aromatic heterocycles. The molecule has 2 unspecified atom stereocenters. The lowest BCUT2D eigenvalue weighted by Crippen LogP contribution is -2.27. The molecule has 3 atom stereocenters. The summed E-state index contributed by atoms with van der Waals surface area (Å²) >= 11 is 0. The standard InChI is InChI=1S/C9H18O/c1-7-4-5-8(2)9(6-7)10-3/h7-9H,4-6H2,1-3H3/t7?,8?,9-/m0/s1. The van der Waals surface area contributed by atoms with Crippen molar-refractivity contribution in [1.29, 1.82) is 0 Å². The molecule has 0 heterocycles. The van der Waals surface area contributed by atoms with Crippen LogP contribution in [0, 0.1) is 11.8 Å². The molecule has 1 aliphatic rings. The van der Waals surface area contributed by atoms with Crippen molar-refractivity contribution in [3.8, 4) is 0 Å². The third kappa shape index (κ3) is 1.72. The predicted octanol–water partition coefficient (Wildman–Crippen LogP) is 2.46. The van der Waals surface area contributed by atoms with Crippen molar-refractivity contribution in [3.63, 3.8) is 0 Å². The van der Waals surface area contributed by atoms with Crippen molar-refractivity contribution in [3.05, 3.63) is 0 Å². The van der Waals surface area contributed by atoms with Crippen LogP contribution in [0.1, 0.15) is 33.1 Å². The zero-order chi connectivity index (χ0) is 7.56. The third-order valence-corrected chi connectivity index (χ3v) is 2.69. The van der Waals surface area contributed by atoms with E-state index in [1.54, 1.807) is 0 Å². The minimum atomic E-state index is 0.531. The van der Waals surface area contributed by atoms with Crippen LogP contribution < -0.4 is 0 Å². The molecular weight excluding hydrogens is 124 g/mol. The van der Waals surface area contributed by atoms with Gasteiger partial charge in [-0.1, -0.05) is 20.3 Å². The Kier molecular flexibility index (Phi) is 2.72. The number of ether oxygens (including phenoxy) is 1. The maximum Gasteiger partial charge on any atom is 0.0599 e. The fourth-order valence-corrected chi connectivity index (χ4v) is 1.81. The van der Waals surface area contributed by atoms with Crippen LogP contribution in [0.15, 0.2) is 0 Å². The zero-order valence-corrected chi connectivity index (χ0v) is 7.26. The van der Waals surface area contributed by atoms with Crippen molar-refractivity contribution in [2.45, 2.75) is 39.2 Å². The van der Waals surface area contributed by atoms with Gasteiger partial charge in [0.15, 0.2) is 0 Å². The van der Waals surface area contributed by atoms with Gasteiger partial charge in [0, 0.05) is 7.11 Å². The largest absolute Gasteiger partial charge is 0.381 e. The van der Waals surface area contributed by atoms with Crippen LogP contribution in [0.25, 0.3) is 0 Å². The molecule has 0 radical (unpaired) electrons. The second kappa shape index (κ2) is 3.38. The summed E-state index contributed by atoms with van der Waals surface area (Å²) in [4.78, 5) is 0. The maximum atomic E-state index is 5.37. The summed E-state index contributed by atoms with van der Waals surface area (Å²) in [5.41, 5.74) is 0. The van der Waals surface area contributed by atoms with E-state index in [-0.39, 0.29) is 0 Å². The van der Waals surface area contributed by atoms with Gasteiger partial charge in [0.25, 0.3) is 0 Å². The maximum absolute atomic E-state index is 5.37. The molecule has 0 saturated heterocycles. The summed E-state index contributed by atoms with van der Waals surface area (Å²) in [5.74, 6) is 1.65. The first-order valence-corrected chi connectivity index (χ1v) is 4.26. The predicted molar refractivity (Wildman–Crippen MR) is 43.0 cm³/mol. The first-order chi connectivity index (χ1) is 4.74. The van der Waals surface area contributed by atoms with Crippen LogP contribution in [0.2, 0.25) is 0 Å². The summed E-state index contributed by atoms with van der Waals surface area (Å²) in [6.45, 7) is 4.61. The highest BCUT2D eigenvalue weighted by Gasteiger charge is 2.24. The van der Waals surface area contributed by atoms with Gasteiger partial charge >= 0.3 is 0 Å². The Balaban J connectivity index is 2.38. The fourth-order valence-electron chi connectivity index (χ4n) is 1.81. The van der Waals surface area contributed by atoms with Gasteiger partial charge in [-0.2, -0.15) is 0 Å². The normalized spacial score (nSPS) is 41.7. The number of hydrogen-bond acceptors (Lipinski definition) is 1. The van der Waals surface area contributed by atoms with E-state index in [1.807, 2.05) is 7.11 Å². The van der Waals surface area contributed by atoms with Crippen molar-refractivity contribution in [2.75, 3.05) is 7.11 Å². The smallest absolute Gasteiger partial charge is 0.0599 e. The Labute approximate surface area is 63.8 Å². The lowest BCUT2D eigenvalue weighted by molar-refractivity contribution is 0.0148. The van der Waals surface area contributed by atoms with E-state index in [9.17, 15) is 0 Å². The molecule has 0 aromatic rings. The van der Waals surface area contributed by atoms with Gasteiger partial charge in [0.05, 0.1) is 6.10 Å². The van der Waals surface area contributed by atoms with E-state index < -0.39 is 0 Å². The molecule has 0 aromatic carbocycles. The van der Waals surface area contributed by atoms with Crippen LogP contribution in [-0.4, -0.2) is 13.2 Å². The van der Waals surface area contributed by atoms with E-state index in [1.165, 1.54) is 19.3 Å². The lowest BCUT2D eigenvalue weighted by Gasteiger charge is -2.31. The Morgan fingerprint density at radius 2 is 1.90 bits per heavy atom. The molecule has 1 saturated carbocycles. The molecule has 0 spiro atoms. The molecule has 0 aliphatic heterocycles. The monoisotopic (exact) mass is 142 g/mol. The van der Waals surface area contributed by atoms with Gasteiger partial charge < -0.3 is 4.74 Å². The Morgan fingerprint density at radius 3 is 2.40 bits per heavy atom. The number of hydrogen-bond donors (Lipinski definition) is 0. The second-order valence-corrected chi connectivity index (χ2v) is 3.67. The van der Waals surface area contributed by atoms with Crippen LogP contribution in [-0.2, 0) is 4.74 Å². The highest BCUT2D eigenvalue weighted by Crippen LogP contribution is 2.29. The molecule has 1 rings (SSSR count). The van der Waals surface area contributed by atoms with Gasteiger partial charge in [-0.15, -0.1) is 0 Å². The van der Waals surface area contributed by atoms with Gasteiger partial charge in [-0.3, -0.25) is 0 Å². The van der Waals surface area contributed by atoms with Gasteiger partial charge in [0.2, 0.25) is 0 Å². The average Bonchev–Trinajstić information content (AvgIpc) is 1.94. The molecule has 10 heavy (non-hydrogen) atoms. The molecule has 1 heteroatoms. The summed E-state index contributed by atoms with van der Waals surface area (Å²) in [6.07, 6.45) is 4.53. The Hall–Kier alpha value is -0.0400. The van der Waals surface area contributed by atoms with Gasteiger partial charge in [-0.25, -0.2) is 0 Å². The number of rotatable bonds is 1. The summed E-state index contributed by atoms with van der Waals surface area (Å²) < 4.78 is 5.37. The molecule has 60 valence electrons. The van der Waals surface area contributed by atoms with Crippen LogP contribution in [0.5, 0.6) is 0 Å². The molecule has 1 aliphatic carbocycles. The molecule has 0 bridgehead atoms. The third-order valence-electron chi connectivity index (χ3n) is 2.69. The van der Waals surface area contributed by atoms with E-state index in [0.29, 0.717) is 6.10 Å². The van der Waals surface area contributed by atoms with E-state index in [0.717, 1.165) is 11.8 Å².